The van der Waals surface area contributed by atoms with Crippen LogP contribution in [0, 0.1) is 11.7 Å². The molecule has 0 saturated heterocycles. The molecule has 0 atom stereocenters. The smallest absolute Gasteiger partial charge is 0.142 e. The van der Waals surface area contributed by atoms with E-state index >= 15 is 0 Å². The van der Waals surface area contributed by atoms with E-state index in [4.69, 9.17) is 11.6 Å². The Labute approximate surface area is 155 Å². The van der Waals surface area contributed by atoms with Gasteiger partial charge in [0, 0.05) is 0 Å². The highest BCUT2D eigenvalue weighted by Crippen LogP contribution is 2.37. The van der Waals surface area contributed by atoms with Gasteiger partial charge in [0.25, 0.3) is 0 Å². The van der Waals surface area contributed by atoms with Crippen molar-refractivity contribution in [3.63, 3.8) is 0 Å². The number of allylic oxidation sites excluding steroid dienone is 2. The third-order valence-corrected chi connectivity index (χ3v) is 5.58. The molecule has 132 valence electrons. The Morgan fingerprint density at radius 1 is 1.00 bits per heavy atom. The summed E-state index contributed by atoms with van der Waals surface area (Å²) in [4.78, 5) is 0. The van der Waals surface area contributed by atoms with Gasteiger partial charge in [0.2, 0.25) is 0 Å². The Kier molecular flexibility index (Phi) is 6.31. The molecule has 0 bridgehead atoms. The lowest BCUT2D eigenvalue weighted by Crippen LogP contribution is -2.11. The first kappa shape index (κ1) is 18.2. The van der Waals surface area contributed by atoms with Crippen LogP contribution in [0.2, 0.25) is 5.02 Å². The van der Waals surface area contributed by atoms with Crippen molar-refractivity contribution >= 4 is 11.6 Å². The molecule has 0 aliphatic heterocycles. The minimum atomic E-state index is -0.363. The van der Waals surface area contributed by atoms with Crippen molar-refractivity contribution in [3.05, 3.63) is 71.0 Å². The summed E-state index contributed by atoms with van der Waals surface area (Å²) in [6.45, 7) is 2.23. The molecule has 0 N–H and O–H groups in total. The van der Waals surface area contributed by atoms with Gasteiger partial charge in [-0.1, -0.05) is 67.4 Å². The molecule has 25 heavy (non-hydrogen) atoms. The molecule has 2 heteroatoms. The Bertz CT molecular complexity index is 709. The second-order valence-corrected chi connectivity index (χ2v) is 7.49. The molecular formula is C23H26ClF. The van der Waals surface area contributed by atoms with Crippen molar-refractivity contribution in [2.45, 2.75) is 51.4 Å². The van der Waals surface area contributed by atoms with Crippen LogP contribution in [0.1, 0.15) is 56.9 Å². The second-order valence-electron chi connectivity index (χ2n) is 7.08. The summed E-state index contributed by atoms with van der Waals surface area (Å²) in [7, 11) is 0. The standard InChI is InChI=1S/C23H26ClF/c1-2-3-4-5-17-6-8-18(9-7-17)19-10-12-20(13-11-19)21-14-15-22(24)23(25)16-21/h4-5,10-18H,2-3,6-9H2,1H3/t17-,18-. The first-order valence-corrected chi connectivity index (χ1v) is 9.77. The maximum Gasteiger partial charge on any atom is 0.142 e. The normalized spacial score (nSPS) is 20.9. The van der Waals surface area contributed by atoms with Crippen molar-refractivity contribution in [1.29, 1.82) is 0 Å². The van der Waals surface area contributed by atoms with E-state index in [1.54, 1.807) is 6.07 Å². The van der Waals surface area contributed by atoms with Crippen molar-refractivity contribution in [1.82, 2.24) is 0 Å². The zero-order chi connectivity index (χ0) is 17.6. The van der Waals surface area contributed by atoms with Gasteiger partial charge in [0.1, 0.15) is 5.82 Å². The van der Waals surface area contributed by atoms with E-state index in [-0.39, 0.29) is 10.8 Å². The maximum absolute atomic E-state index is 13.6. The Morgan fingerprint density at radius 2 is 1.68 bits per heavy atom. The fourth-order valence-corrected chi connectivity index (χ4v) is 3.84. The van der Waals surface area contributed by atoms with Crippen molar-refractivity contribution in [3.8, 4) is 11.1 Å². The van der Waals surface area contributed by atoms with Gasteiger partial charge in [-0.3, -0.25) is 0 Å². The highest BCUT2D eigenvalue weighted by Gasteiger charge is 2.20. The van der Waals surface area contributed by atoms with Crippen LogP contribution in [0.3, 0.4) is 0 Å². The molecular weight excluding hydrogens is 331 g/mol. The van der Waals surface area contributed by atoms with Crippen LogP contribution in [0.5, 0.6) is 0 Å². The zero-order valence-electron chi connectivity index (χ0n) is 14.8. The molecule has 0 nitrogen and oxygen atoms in total. The van der Waals surface area contributed by atoms with Crippen LogP contribution in [0.25, 0.3) is 11.1 Å². The van der Waals surface area contributed by atoms with Crippen molar-refractivity contribution < 1.29 is 4.39 Å². The summed E-state index contributed by atoms with van der Waals surface area (Å²) < 4.78 is 13.6. The number of unbranched alkanes of at least 4 members (excludes halogenated alkanes) is 1. The lowest BCUT2D eigenvalue weighted by atomic mass is 9.78. The monoisotopic (exact) mass is 356 g/mol. The Hall–Kier alpha value is -1.60. The molecule has 0 unspecified atom stereocenters. The molecule has 1 aliphatic carbocycles. The van der Waals surface area contributed by atoms with Gasteiger partial charge >= 0.3 is 0 Å². The van der Waals surface area contributed by atoms with E-state index in [9.17, 15) is 4.39 Å². The van der Waals surface area contributed by atoms with Crippen LogP contribution < -0.4 is 0 Å². The molecule has 2 aromatic carbocycles. The summed E-state index contributed by atoms with van der Waals surface area (Å²) in [5, 5.41) is 0.171. The third-order valence-electron chi connectivity index (χ3n) is 5.27. The van der Waals surface area contributed by atoms with Gasteiger partial charge in [0.05, 0.1) is 5.02 Å². The summed E-state index contributed by atoms with van der Waals surface area (Å²) in [6.07, 6.45) is 12.3. The number of benzene rings is 2. The molecule has 0 aromatic heterocycles. The van der Waals surface area contributed by atoms with Gasteiger partial charge in [-0.05, 0) is 72.8 Å². The largest absolute Gasteiger partial charge is 0.205 e. The molecule has 1 fully saturated rings. The predicted octanol–water partition coefficient (Wildman–Crippen LogP) is 7.78. The van der Waals surface area contributed by atoms with Gasteiger partial charge in [-0.15, -0.1) is 0 Å². The molecule has 0 heterocycles. The first-order valence-electron chi connectivity index (χ1n) is 9.39. The summed E-state index contributed by atoms with van der Waals surface area (Å²) in [5.41, 5.74) is 3.32. The van der Waals surface area contributed by atoms with Crippen LogP contribution in [0.15, 0.2) is 54.6 Å². The highest BCUT2D eigenvalue weighted by atomic mass is 35.5. The molecule has 3 rings (SSSR count). The number of hydrogen-bond acceptors (Lipinski definition) is 0. The van der Waals surface area contributed by atoms with Crippen molar-refractivity contribution in [2.24, 2.45) is 5.92 Å². The van der Waals surface area contributed by atoms with Gasteiger partial charge in [-0.25, -0.2) is 4.39 Å². The van der Waals surface area contributed by atoms with Crippen LogP contribution >= 0.6 is 11.6 Å². The first-order chi connectivity index (χ1) is 12.2. The fraction of sp³-hybridized carbons (Fsp3) is 0.391. The predicted molar refractivity (Wildman–Crippen MR) is 106 cm³/mol. The quantitative estimate of drug-likeness (QED) is 0.480. The lowest BCUT2D eigenvalue weighted by molar-refractivity contribution is 0.375. The lowest BCUT2D eigenvalue weighted by Gasteiger charge is -2.27. The minimum absolute atomic E-state index is 0.171. The number of rotatable bonds is 5. The average molecular weight is 357 g/mol. The van der Waals surface area contributed by atoms with Crippen molar-refractivity contribution in [2.75, 3.05) is 0 Å². The van der Waals surface area contributed by atoms with E-state index in [1.807, 2.05) is 6.07 Å². The number of hydrogen-bond donors (Lipinski definition) is 0. The SMILES string of the molecule is CCCC=C[C@H]1CC[C@H](c2ccc(-c3ccc(Cl)c(F)c3)cc2)CC1. The summed E-state index contributed by atoms with van der Waals surface area (Å²) >= 11 is 5.77. The summed E-state index contributed by atoms with van der Waals surface area (Å²) in [6, 6.07) is 13.6. The molecule has 2 aromatic rings. The van der Waals surface area contributed by atoms with Crippen LogP contribution in [0.4, 0.5) is 4.39 Å². The van der Waals surface area contributed by atoms with E-state index in [1.165, 1.54) is 50.2 Å². The Morgan fingerprint density at radius 3 is 2.32 bits per heavy atom. The minimum Gasteiger partial charge on any atom is -0.205 e. The fourth-order valence-electron chi connectivity index (χ4n) is 3.72. The zero-order valence-corrected chi connectivity index (χ0v) is 15.6. The van der Waals surface area contributed by atoms with Gasteiger partial charge in [-0.2, -0.15) is 0 Å². The van der Waals surface area contributed by atoms with E-state index in [0.29, 0.717) is 5.92 Å². The maximum atomic E-state index is 13.6. The molecule has 0 spiro atoms. The van der Waals surface area contributed by atoms with E-state index in [0.717, 1.165) is 17.0 Å². The summed E-state index contributed by atoms with van der Waals surface area (Å²) in [5.74, 6) is 1.06. The van der Waals surface area contributed by atoms with Crippen LogP contribution in [-0.4, -0.2) is 0 Å². The van der Waals surface area contributed by atoms with E-state index in [2.05, 4.69) is 43.3 Å². The topological polar surface area (TPSA) is 0 Å². The third kappa shape index (κ3) is 4.73. The van der Waals surface area contributed by atoms with Gasteiger partial charge < -0.3 is 0 Å². The van der Waals surface area contributed by atoms with Crippen LogP contribution in [-0.2, 0) is 0 Å². The second kappa shape index (κ2) is 8.67. The average Bonchev–Trinajstić information content (AvgIpc) is 2.65. The number of halogens is 2. The molecule has 1 saturated carbocycles. The molecule has 0 radical (unpaired) electrons. The molecule has 0 amide bonds. The van der Waals surface area contributed by atoms with E-state index < -0.39 is 0 Å². The molecule has 1 aliphatic rings. The van der Waals surface area contributed by atoms with Gasteiger partial charge in [0.15, 0.2) is 0 Å². The Balaban J connectivity index is 1.62. The highest BCUT2D eigenvalue weighted by molar-refractivity contribution is 6.30.